The van der Waals surface area contributed by atoms with Crippen LogP contribution < -0.4 is 11.1 Å². The maximum Gasteiger partial charge on any atom is 0.277 e. The third-order valence-electron chi connectivity index (χ3n) is 3.52. The minimum atomic E-state index is -0.347. The van der Waals surface area contributed by atoms with Gasteiger partial charge < -0.3 is 15.5 Å². The first kappa shape index (κ1) is 15.2. The zero-order valence-corrected chi connectivity index (χ0v) is 12.8. The summed E-state index contributed by atoms with van der Waals surface area (Å²) < 4.78 is 5.30. The molecule has 1 atom stereocenters. The van der Waals surface area contributed by atoms with Gasteiger partial charge in [-0.1, -0.05) is 31.5 Å². The average Bonchev–Trinajstić information content (AvgIpc) is 3.05. The maximum absolute atomic E-state index is 12.2. The number of nitrogens with one attached hydrogen (secondary N) is 1. The molecule has 0 spiro atoms. The molecule has 0 aliphatic rings. The maximum atomic E-state index is 12.2. The minimum absolute atomic E-state index is 0.208. The van der Waals surface area contributed by atoms with Crippen molar-refractivity contribution in [2.45, 2.75) is 25.8 Å². The number of anilines is 1. The molecule has 0 saturated carbocycles. The summed E-state index contributed by atoms with van der Waals surface area (Å²) in [7, 11) is 0. The number of amides is 1. The van der Waals surface area contributed by atoms with E-state index in [9.17, 15) is 4.79 Å². The molecule has 0 radical (unpaired) electrons. The highest BCUT2D eigenvalue weighted by molar-refractivity contribution is 6.03. The monoisotopic (exact) mass is 310 g/mol. The van der Waals surface area contributed by atoms with Gasteiger partial charge in [0.15, 0.2) is 5.69 Å². The quantitative estimate of drug-likeness (QED) is 0.754. The highest BCUT2D eigenvalue weighted by Gasteiger charge is 2.16. The number of fused-ring (bicyclic) bond motifs is 1. The number of carbonyl (C=O) groups excluding carboxylic acids is 1. The van der Waals surface area contributed by atoms with E-state index in [1.807, 2.05) is 37.3 Å². The van der Waals surface area contributed by atoms with Gasteiger partial charge in [0.25, 0.3) is 5.91 Å². The van der Waals surface area contributed by atoms with Crippen LogP contribution in [0, 0.1) is 0 Å². The first-order valence-electron chi connectivity index (χ1n) is 7.54. The molecule has 2 heterocycles. The highest BCUT2D eigenvalue weighted by atomic mass is 16.3. The van der Waals surface area contributed by atoms with Crippen LogP contribution in [0.25, 0.3) is 10.9 Å². The van der Waals surface area contributed by atoms with Gasteiger partial charge in [-0.15, -0.1) is 0 Å². The second-order valence-corrected chi connectivity index (χ2v) is 5.34. The van der Waals surface area contributed by atoms with Crippen molar-refractivity contribution < 1.29 is 9.21 Å². The second kappa shape index (κ2) is 6.58. The Kier molecular flexibility index (Phi) is 4.34. The normalized spacial score (nSPS) is 12.3. The molecule has 0 saturated heterocycles. The molecule has 0 aliphatic heterocycles. The van der Waals surface area contributed by atoms with Gasteiger partial charge in [-0.3, -0.25) is 9.78 Å². The number of pyridine rings is 1. The fraction of sp³-hybridized carbons (Fsp3) is 0.235. The number of carbonyl (C=O) groups is 1. The summed E-state index contributed by atoms with van der Waals surface area (Å²) >= 11 is 0. The van der Waals surface area contributed by atoms with Crippen molar-refractivity contribution in [1.82, 2.24) is 9.97 Å². The average molecular weight is 310 g/mol. The molecule has 3 rings (SSSR count). The molecule has 6 nitrogen and oxygen atoms in total. The van der Waals surface area contributed by atoms with Crippen LogP contribution in [0.3, 0.4) is 0 Å². The summed E-state index contributed by atoms with van der Waals surface area (Å²) in [4.78, 5) is 20.7. The molecular weight excluding hydrogens is 292 g/mol. The van der Waals surface area contributed by atoms with Gasteiger partial charge in [0.2, 0.25) is 5.89 Å². The Morgan fingerprint density at radius 3 is 3.04 bits per heavy atom. The number of benzene rings is 1. The Balaban J connectivity index is 1.75. The van der Waals surface area contributed by atoms with Crippen LogP contribution in [0.15, 0.2) is 47.2 Å². The predicted molar refractivity (Wildman–Crippen MR) is 88.0 cm³/mol. The smallest absolute Gasteiger partial charge is 0.277 e. The van der Waals surface area contributed by atoms with E-state index in [0.29, 0.717) is 11.6 Å². The Morgan fingerprint density at radius 2 is 2.22 bits per heavy atom. The number of nitrogens with two attached hydrogens (primary N) is 1. The highest BCUT2D eigenvalue weighted by Crippen LogP contribution is 2.18. The predicted octanol–water partition coefficient (Wildman–Crippen LogP) is 3.28. The Hall–Kier alpha value is -2.73. The van der Waals surface area contributed by atoms with Gasteiger partial charge >= 0.3 is 0 Å². The number of hydrogen-bond donors (Lipinski definition) is 2. The zero-order chi connectivity index (χ0) is 16.2. The van der Waals surface area contributed by atoms with E-state index in [-0.39, 0.29) is 17.6 Å². The number of aromatic nitrogens is 2. The number of rotatable bonds is 5. The van der Waals surface area contributed by atoms with E-state index in [0.717, 1.165) is 23.7 Å². The molecule has 23 heavy (non-hydrogen) atoms. The van der Waals surface area contributed by atoms with Crippen molar-refractivity contribution in [3.8, 4) is 0 Å². The molecule has 118 valence electrons. The van der Waals surface area contributed by atoms with E-state index in [1.165, 1.54) is 6.26 Å². The lowest BCUT2D eigenvalue weighted by molar-refractivity contribution is 0.102. The van der Waals surface area contributed by atoms with Crippen molar-refractivity contribution >= 4 is 22.5 Å². The largest absolute Gasteiger partial charge is 0.446 e. The molecule has 2 aromatic heterocycles. The first-order valence-corrected chi connectivity index (χ1v) is 7.54. The zero-order valence-electron chi connectivity index (χ0n) is 12.8. The van der Waals surface area contributed by atoms with E-state index in [4.69, 9.17) is 10.2 Å². The van der Waals surface area contributed by atoms with Crippen LogP contribution in [0.4, 0.5) is 5.69 Å². The Bertz CT molecular complexity index is 828. The molecule has 0 aliphatic carbocycles. The molecule has 0 unspecified atom stereocenters. The van der Waals surface area contributed by atoms with E-state index < -0.39 is 0 Å². The van der Waals surface area contributed by atoms with Gasteiger partial charge in [-0.05, 0) is 18.6 Å². The lowest BCUT2D eigenvalue weighted by Crippen LogP contribution is -2.14. The molecule has 6 heteroatoms. The van der Waals surface area contributed by atoms with E-state index in [2.05, 4.69) is 15.3 Å². The summed E-state index contributed by atoms with van der Waals surface area (Å²) in [5.41, 5.74) is 7.63. The summed E-state index contributed by atoms with van der Waals surface area (Å²) in [6, 6.07) is 9.28. The number of para-hydroxylation sites is 1. The molecule has 1 amide bonds. The summed E-state index contributed by atoms with van der Waals surface area (Å²) in [6.07, 6.45) is 4.63. The molecule has 3 N–H and O–H groups in total. The number of oxazole rings is 1. The van der Waals surface area contributed by atoms with Crippen molar-refractivity contribution in [3.63, 3.8) is 0 Å². The topological polar surface area (TPSA) is 94.0 Å². The van der Waals surface area contributed by atoms with Crippen LogP contribution in [0.5, 0.6) is 0 Å². The summed E-state index contributed by atoms with van der Waals surface area (Å²) in [5.74, 6) is 0.0365. The van der Waals surface area contributed by atoms with Crippen molar-refractivity contribution in [1.29, 1.82) is 0 Å². The van der Waals surface area contributed by atoms with Crippen LogP contribution in [0.1, 0.15) is 42.2 Å². The molecule has 0 bridgehead atoms. The number of nitrogens with zero attached hydrogens (tertiary/aromatic N) is 2. The third-order valence-corrected chi connectivity index (χ3v) is 3.52. The standard InChI is InChI=1S/C17H18N4O2/c1-2-5-13(18)17-21-15(10-23-17)16(22)20-12-8-11-6-3-4-7-14(11)19-9-12/h3-4,6-10,13H,2,5,18H2,1H3,(H,20,22)/t13-/m1/s1. The SMILES string of the molecule is CCC[C@@H](N)c1nc(C(=O)Nc2cnc3ccccc3c2)co1. The number of hydrogen-bond acceptors (Lipinski definition) is 5. The van der Waals surface area contributed by atoms with Gasteiger partial charge in [-0.2, -0.15) is 0 Å². The van der Waals surface area contributed by atoms with Gasteiger partial charge in [0.1, 0.15) is 6.26 Å². The Labute approximate surface area is 133 Å². The molecule has 0 fully saturated rings. The molecular formula is C17H18N4O2. The van der Waals surface area contributed by atoms with Crippen LogP contribution in [-0.2, 0) is 0 Å². The van der Waals surface area contributed by atoms with Crippen molar-refractivity contribution in [2.75, 3.05) is 5.32 Å². The van der Waals surface area contributed by atoms with Crippen LogP contribution in [-0.4, -0.2) is 15.9 Å². The van der Waals surface area contributed by atoms with Gasteiger partial charge in [-0.25, -0.2) is 4.98 Å². The fourth-order valence-corrected chi connectivity index (χ4v) is 2.33. The lowest BCUT2D eigenvalue weighted by Gasteiger charge is -2.05. The van der Waals surface area contributed by atoms with Gasteiger partial charge in [0.05, 0.1) is 23.4 Å². The van der Waals surface area contributed by atoms with Gasteiger partial charge in [0, 0.05) is 5.39 Å². The van der Waals surface area contributed by atoms with E-state index >= 15 is 0 Å². The minimum Gasteiger partial charge on any atom is -0.446 e. The van der Waals surface area contributed by atoms with E-state index in [1.54, 1.807) is 6.20 Å². The third kappa shape index (κ3) is 3.37. The summed E-state index contributed by atoms with van der Waals surface area (Å²) in [5, 5.41) is 3.72. The molecule has 1 aromatic carbocycles. The Morgan fingerprint density at radius 1 is 1.39 bits per heavy atom. The van der Waals surface area contributed by atoms with Crippen LogP contribution in [0.2, 0.25) is 0 Å². The second-order valence-electron chi connectivity index (χ2n) is 5.34. The summed E-state index contributed by atoms with van der Waals surface area (Å²) in [6.45, 7) is 2.03. The van der Waals surface area contributed by atoms with Crippen LogP contribution >= 0.6 is 0 Å². The van der Waals surface area contributed by atoms with Crippen molar-refractivity contribution in [2.24, 2.45) is 5.73 Å². The lowest BCUT2D eigenvalue weighted by atomic mass is 10.2. The first-order chi connectivity index (χ1) is 11.2. The fourth-order valence-electron chi connectivity index (χ4n) is 2.33. The van der Waals surface area contributed by atoms with Crippen molar-refractivity contribution in [3.05, 3.63) is 54.4 Å². The molecule has 3 aromatic rings.